The molecule has 1 aromatic rings. The van der Waals surface area contributed by atoms with Crippen LogP contribution in [-0.2, 0) is 17.2 Å². The monoisotopic (exact) mass is 254 g/mol. The summed E-state index contributed by atoms with van der Waals surface area (Å²) in [5.74, 6) is 0.778. The van der Waals surface area contributed by atoms with Crippen molar-refractivity contribution in [2.45, 2.75) is 44.7 Å². The molecule has 0 fully saturated rings. The molecule has 3 nitrogen and oxygen atoms in total. The Morgan fingerprint density at radius 2 is 2.41 bits per heavy atom. The van der Waals surface area contributed by atoms with Gasteiger partial charge in [0.05, 0.1) is 0 Å². The summed E-state index contributed by atoms with van der Waals surface area (Å²) in [6, 6.07) is 2.80. The van der Waals surface area contributed by atoms with Crippen molar-refractivity contribution in [1.82, 2.24) is 4.57 Å². The third-order valence-corrected chi connectivity index (χ3v) is 4.50. The molecule has 4 heteroatoms. The van der Waals surface area contributed by atoms with Gasteiger partial charge in [-0.05, 0) is 44.2 Å². The van der Waals surface area contributed by atoms with Crippen molar-refractivity contribution in [2.75, 3.05) is 12.0 Å². The summed E-state index contributed by atoms with van der Waals surface area (Å²) in [5, 5.41) is 0. The number of hydrogen-bond acceptors (Lipinski definition) is 2. The van der Waals surface area contributed by atoms with Crippen molar-refractivity contribution in [3.63, 3.8) is 0 Å². The molecule has 17 heavy (non-hydrogen) atoms. The fourth-order valence-corrected chi connectivity index (χ4v) is 3.31. The van der Waals surface area contributed by atoms with Crippen LogP contribution in [0, 0.1) is 0 Å². The number of rotatable bonds is 4. The van der Waals surface area contributed by atoms with Crippen LogP contribution in [0.15, 0.2) is 12.3 Å². The molecular weight excluding hydrogens is 232 g/mol. The zero-order chi connectivity index (χ0) is 12.4. The Hall–Kier alpha value is -0.610. The van der Waals surface area contributed by atoms with E-state index in [0.717, 1.165) is 25.0 Å². The molecule has 0 saturated heterocycles. The second kappa shape index (κ2) is 5.36. The van der Waals surface area contributed by atoms with Crippen LogP contribution in [-0.4, -0.2) is 20.8 Å². The molecule has 0 amide bonds. The first-order valence-electron chi connectivity index (χ1n) is 6.35. The summed E-state index contributed by atoms with van der Waals surface area (Å²) in [7, 11) is -0.695. The minimum atomic E-state index is -0.695. The molecule has 1 aliphatic carbocycles. The molecule has 2 N–H and O–H groups in total. The fraction of sp³-hybridized carbons (Fsp3) is 0.692. The Bertz CT molecular complexity index is 414. The molecule has 0 aromatic carbocycles. The smallest absolute Gasteiger partial charge is 0.0313 e. The number of hydrogen-bond donors (Lipinski definition) is 1. The number of fused-ring (bicyclic) bond motifs is 1. The Morgan fingerprint density at radius 1 is 1.65 bits per heavy atom. The van der Waals surface area contributed by atoms with E-state index < -0.39 is 10.8 Å². The molecule has 1 aromatic heterocycles. The van der Waals surface area contributed by atoms with Crippen molar-refractivity contribution in [2.24, 2.45) is 5.73 Å². The van der Waals surface area contributed by atoms with E-state index in [4.69, 9.17) is 5.73 Å². The fourth-order valence-electron chi connectivity index (χ4n) is 2.64. The first-order chi connectivity index (χ1) is 8.09. The summed E-state index contributed by atoms with van der Waals surface area (Å²) < 4.78 is 13.5. The van der Waals surface area contributed by atoms with E-state index in [9.17, 15) is 4.21 Å². The van der Waals surface area contributed by atoms with E-state index in [1.165, 1.54) is 17.7 Å². The average molecular weight is 254 g/mol. The molecule has 3 atom stereocenters. The van der Waals surface area contributed by atoms with Crippen molar-refractivity contribution in [1.29, 1.82) is 0 Å². The number of nitrogens with two attached hydrogens (primary N) is 1. The van der Waals surface area contributed by atoms with Gasteiger partial charge in [0.1, 0.15) is 0 Å². The molecule has 1 heterocycles. The Kier molecular flexibility index (Phi) is 4.05. The van der Waals surface area contributed by atoms with Gasteiger partial charge >= 0.3 is 0 Å². The van der Waals surface area contributed by atoms with Gasteiger partial charge in [-0.25, -0.2) is 0 Å². The molecule has 2 rings (SSSR count). The standard InChI is InChI=1S/C13H22N2OS/c1-10(7-9-17(2)16)15-8-6-11-12(14)4-3-5-13(11)15/h6,8,10,12H,3-5,7,9,14H2,1-2H3. The summed E-state index contributed by atoms with van der Waals surface area (Å²) in [5.41, 5.74) is 8.84. The predicted octanol–water partition coefficient (Wildman–Crippen LogP) is 2.15. The Labute approximate surface area is 106 Å². The van der Waals surface area contributed by atoms with E-state index in [1.807, 2.05) is 0 Å². The van der Waals surface area contributed by atoms with Crippen LogP contribution in [0.25, 0.3) is 0 Å². The normalized spacial score (nSPS) is 23.1. The SMILES string of the molecule is CC(CCS(C)=O)n1ccc2c1CCCC2N. The van der Waals surface area contributed by atoms with Gasteiger partial charge < -0.3 is 10.3 Å². The van der Waals surface area contributed by atoms with Gasteiger partial charge in [0, 0.05) is 46.8 Å². The van der Waals surface area contributed by atoms with Crippen LogP contribution < -0.4 is 5.73 Å². The van der Waals surface area contributed by atoms with E-state index in [1.54, 1.807) is 6.26 Å². The van der Waals surface area contributed by atoms with E-state index in [0.29, 0.717) is 6.04 Å². The molecule has 0 aliphatic heterocycles. The van der Waals surface area contributed by atoms with Crippen LogP contribution >= 0.6 is 0 Å². The highest BCUT2D eigenvalue weighted by Gasteiger charge is 2.21. The van der Waals surface area contributed by atoms with Crippen molar-refractivity contribution in [3.05, 3.63) is 23.5 Å². The lowest BCUT2D eigenvalue weighted by molar-refractivity contribution is 0.483. The van der Waals surface area contributed by atoms with Gasteiger partial charge in [0.2, 0.25) is 0 Å². The topological polar surface area (TPSA) is 48.0 Å². The predicted molar refractivity (Wildman–Crippen MR) is 72.6 cm³/mol. The number of aromatic nitrogens is 1. The quantitative estimate of drug-likeness (QED) is 0.895. The lowest BCUT2D eigenvalue weighted by Gasteiger charge is -2.23. The van der Waals surface area contributed by atoms with Crippen molar-refractivity contribution < 1.29 is 4.21 Å². The molecule has 0 saturated carbocycles. The van der Waals surface area contributed by atoms with Crippen molar-refractivity contribution >= 4 is 10.8 Å². The van der Waals surface area contributed by atoms with Gasteiger partial charge in [0.15, 0.2) is 0 Å². The van der Waals surface area contributed by atoms with Crippen LogP contribution in [0.2, 0.25) is 0 Å². The van der Waals surface area contributed by atoms with E-state index in [-0.39, 0.29) is 6.04 Å². The van der Waals surface area contributed by atoms with Crippen molar-refractivity contribution in [3.8, 4) is 0 Å². The molecule has 1 aliphatic rings. The third-order valence-electron chi connectivity index (χ3n) is 3.69. The molecular formula is C13H22N2OS. The highest BCUT2D eigenvalue weighted by Crippen LogP contribution is 2.31. The minimum absolute atomic E-state index is 0.215. The highest BCUT2D eigenvalue weighted by molar-refractivity contribution is 7.84. The van der Waals surface area contributed by atoms with Crippen LogP contribution in [0.1, 0.15) is 49.5 Å². The molecule has 0 radical (unpaired) electrons. The summed E-state index contributed by atoms with van der Waals surface area (Å²) in [6.45, 7) is 2.20. The zero-order valence-electron chi connectivity index (χ0n) is 10.7. The first-order valence-corrected chi connectivity index (χ1v) is 8.07. The molecule has 3 unspecified atom stereocenters. The van der Waals surface area contributed by atoms with Gasteiger partial charge in [-0.15, -0.1) is 0 Å². The van der Waals surface area contributed by atoms with Gasteiger partial charge in [-0.2, -0.15) is 0 Å². The number of nitrogens with zero attached hydrogens (tertiary/aromatic N) is 1. The van der Waals surface area contributed by atoms with Crippen LogP contribution in [0.3, 0.4) is 0 Å². The van der Waals surface area contributed by atoms with Crippen LogP contribution in [0.5, 0.6) is 0 Å². The van der Waals surface area contributed by atoms with E-state index >= 15 is 0 Å². The molecule has 0 bridgehead atoms. The maximum atomic E-state index is 11.1. The van der Waals surface area contributed by atoms with E-state index in [2.05, 4.69) is 23.8 Å². The summed E-state index contributed by atoms with van der Waals surface area (Å²) >= 11 is 0. The second-order valence-corrected chi connectivity index (χ2v) is 6.59. The summed E-state index contributed by atoms with van der Waals surface area (Å²) in [6.07, 6.45) is 8.32. The van der Waals surface area contributed by atoms with Crippen LogP contribution in [0.4, 0.5) is 0 Å². The minimum Gasteiger partial charge on any atom is -0.348 e. The lowest BCUT2D eigenvalue weighted by atomic mass is 9.93. The van der Waals surface area contributed by atoms with Gasteiger partial charge in [-0.1, -0.05) is 0 Å². The second-order valence-electron chi connectivity index (χ2n) is 5.04. The Balaban J connectivity index is 2.13. The molecule has 96 valence electrons. The van der Waals surface area contributed by atoms with Gasteiger partial charge in [0.25, 0.3) is 0 Å². The Morgan fingerprint density at radius 3 is 3.12 bits per heavy atom. The largest absolute Gasteiger partial charge is 0.348 e. The van der Waals surface area contributed by atoms with Gasteiger partial charge in [-0.3, -0.25) is 4.21 Å². The maximum Gasteiger partial charge on any atom is 0.0313 e. The lowest BCUT2D eigenvalue weighted by Crippen LogP contribution is -2.19. The zero-order valence-corrected chi connectivity index (χ0v) is 11.5. The summed E-state index contributed by atoms with van der Waals surface area (Å²) in [4.78, 5) is 0. The third kappa shape index (κ3) is 2.80. The highest BCUT2D eigenvalue weighted by atomic mass is 32.2. The average Bonchev–Trinajstić information content (AvgIpc) is 2.71. The molecule has 0 spiro atoms. The first kappa shape index (κ1) is 12.8. The maximum absolute atomic E-state index is 11.1.